The van der Waals surface area contributed by atoms with Crippen molar-refractivity contribution in [3.63, 3.8) is 0 Å². The van der Waals surface area contributed by atoms with Gasteiger partial charge in [0.25, 0.3) is 0 Å². The van der Waals surface area contributed by atoms with Crippen LogP contribution in [-0.2, 0) is 16.2 Å². The first kappa shape index (κ1) is 50.8. The molecule has 0 aliphatic heterocycles. The highest BCUT2D eigenvalue weighted by atomic mass is 31.0. The summed E-state index contributed by atoms with van der Waals surface area (Å²) in [5.74, 6) is 4.15. The number of hydrogen-bond acceptors (Lipinski definition) is 12. The molecule has 4 aromatic heterocycles. The normalized spacial score (nSPS) is 11.7. The Labute approximate surface area is 427 Å². The van der Waals surface area contributed by atoms with E-state index >= 15 is 0 Å². The fourth-order valence-corrected chi connectivity index (χ4v) is 7.32. The Kier molecular flexibility index (Phi) is 16.0. The molecule has 6 aromatic carbocycles. The minimum Gasteiger partial charge on any atom is -0.426 e. The van der Waals surface area contributed by atoms with Gasteiger partial charge in [0.05, 0.1) is 7.57 Å². The van der Waals surface area contributed by atoms with E-state index in [0.717, 1.165) is 38.9 Å². The third-order valence-electron chi connectivity index (χ3n) is 11.5. The average molecular weight is 976 g/mol. The Bertz CT molecular complexity index is 3170. The van der Waals surface area contributed by atoms with E-state index in [1.54, 1.807) is 13.8 Å². The summed E-state index contributed by atoms with van der Waals surface area (Å²) in [4.78, 5) is 0. The third kappa shape index (κ3) is 13.4. The SMILES string of the molecule is CC(C)(C)c1ccc(-c2nnc(-c3ccc(-c4ccccc4)cc3)o2)cc1.CC(C)(C)c1ccc(-c2nnc(-c3cccc(-c4nnc(-c5ccc(C(C)(C)C)cc5)o4)c3)o2)cc1.Cc1nnc(C)o1.[2H]P[B]. The van der Waals surface area contributed by atoms with Crippen molar-refractivity contribution in [2.45, 2.75) is 92.4 Å². The van der Waals surface area contributed by atoms with Crippen molar-refractivity contribution in [2.75, 3.05) is 0 Å². The van der Waals surface area contributed by atoms with E-state index in [2.05, 4.69) is 171 Å². The van der Waals surface area contributed by atoms with Crippen LogP contribution < -0.4 is 0 Å². The minimum atomic E-state index is -0.167. The number of aryl methyl sites for hydroxylation is 2. The molecule has 0 aliphatic rings. The lowest BCUT2D eigenvalue weighted by molar-refractivity contribution is 0.489. The molecule has 0 aliphatic carbocycles. The molecule has 14 heteroatoms. The largest absolute Gasteiger partial charge is 0.426 e. The van der Waals surface area contributed by atoms with Crippen molar-refractivity contribution < 1.29 is 17.7 Å². The van der Waals surface area contributed by atoms with Gasteiger partial charge in [0, 0.05) is 48.5 Å². The zero-order chi connectivity index (χ0) is 52.3. The standard InChI is InChI=1S/C30H30N4O2.C24H22N2O.C4H6N2O.BH2P/c1-29(2,3)23-14-10-19(11-15-23)25-31-33-27(35-25)21-8-7-9-22(18-21)28-34-32-26(36-28)20-12-16-24(17-13-20)30(4,5)6;1-24(2,3)21-15-13-20(14-16-21)23-26-25-22(27-23)19-11-9-18(10-12-19)17-7-5-4-6-8-17;1-3-5-6-4(2)7-3;1-2/h7-18H,1-6H3;4-16H,1-3H3;1-2H3;2H2/i;;;2D. The molecule has 2 radical (unpaired) electrons. The molecule has 12 nitrogen and oxygen atoms in total. The van der Waals surface area contributed by atoms with Crippen LogP contribution in [0.3, 0.4) is 0 Å². The molecule has 0 bridgehead atoms. The molecular weight excluding hydrogens is 914 g/mol. The van der Waals surface area contributed by atoms with Crippen LogP contribution in [-0.4, -0.2) is 49.6 Å². The fraction of sp³-hybridized carbons (Fsp3) is 0.241. The van der Waals surface area contributed by atoms with Crippen molar-refractivity contribution >= 4 is 16.6 Å². The Morgan fingerprint density at radius 3 is 0.861 bits per heavy atom. The summed E-state index contributed by atoms with van der Waals surface area (Å²) < 4.78 is 28.8. The van der Waals surface area contributed by atoms with Crippen LogP contribution in [0.4, 0.5) is 0 Å². The van der Waals surface area contributed by atoms with Crippen LogP contribution in [0.2, 0.25) is 0 Å². The van der Waals surface area contributed by atoms with Crippen molar-refractivity contribution in [1.82, 2.24) is 40.8 Å². The van der Waals surface area contributed by atoms with Gasteiger partial charge in [0.2, 0.25) is 47.1 Å². The number of benzene rings is 6. The molecule has 0 saturated heterocycles. The van der Waals surface area contributed by atoms with E-state index in [4.69, 9.17) is 18.9 Å². The molecule has 1 atom stereocenters. The lowest BCUT2D eigenvalue weighted by Gasteiger charge is -2.18. The number of nitrogens with zero attached hydrogens (tertiary/aromatic N) is 8. The highest BCUT2D eigenvalue weighted by Crippen LogP contribution is 2.33. The van der Waals surface area contributed by atoms with Gasteiger partial charge in [-0.2, -0.15) is 9.06 Å². The van der Waals surface area contributed by atoms with Gasteiger partial charge in [0.1, 0.15) is 0 Å². The monoisotopic (exact) mass is 975 g/mol. The van der Waals surface area contributed by atoms with Gasteiger partial charge in [-0.25, -0.2) is 0 Å². The van der Waals surface area contributed by atoms with Crippen LogP contribution in [0, 0.1) is 13.8 Å². The second kappa shape index (κ2) is 22.6. The first-order valence-corrected chi connectivity index (χ1v) is 24.1. The molecule has 364 valence electrons. The van der Waals surface area contributed by atoms with Crippen LogP contribution in [0.1, 0.15) is 90.8 Å². The molecule has 10 rings (SSSR count). The van der Waals surface area contributed by atoms with Crippen molar-refractivity contribution in [1.29, 1.82) is 1.28 Å². The Morgan fingerprint density at radius 1 is 0.333 bits per heavy atom. The molecule has 4 heterocycles. The van der Waals surface area contributed by atoms with E-state index in [-0.39, 0.29) is 25.3 Å². The minimum absolute atomic E-state index is 0.0868. The quantitative estimate of drug-likeness (QED) is 0.110. The van der Waals surface area contributed by atoms with E-state index in [1.165, 1.54) is 22.3 Å². The predicted octanol–water partition coefficient (Wildman–Crippen LogP) is 14.7. The zero-order valence-electron chi connectivity index (χ0n) is 43.7. The second-order valence-electron chi connectivity index (χ2n) is 20.1. The van der Waals surface area contributed by atoms with Gasteiger partial charge in [-0.1, -0.05) is 147 Å². The summed E-state index contributed by atoms with van der Waals surface area (Å²) in [5, 5.41) is 32.7. The van der Waals surface area contributed by atoms with Crippen LogP contribution in [0.5, 0.6) is 0 Å². The van der Waals surface area contributed by atoms with Crippen molar-refractivity contribution in [3.05, 3.63) is 180 Å². The van der Waals surface area contributed by atoms with E-state index in [0.29, 0.717) is 47.1 Å². The van der Waals surface area contributed by atoms with Gasteiger partial charge >= 0.3 is 0 Å². The fourth-order valence-electron chi connectivity index (χ4n) is 7.32. The Balaban J connectivity index is 0.000000184. The van der Waals surface area contributed by atoms with Gasteiger partial charge < -0.3 is 17.7 Å². The first-order chi connectivity index (χ1) is 34.8. The van der Waals surface area contributed by atoms with Crippen LogP contribution in [0.15, 0.2) is 169 Å². The second-order valence-corrected chi connectivity index (χ2v) is 20.1. The molecular formula is C58H60BN8O4P. The summed E-state index contributed by atoms with van der Waals surface area (Å²) in [5.41, 5.74) is 11.6. The number of rotatable bonds is 7. The number of hydrogen-bond donors (Lipinski definition) is 0. The van der Waals surface area contributed by atoms with Gasteiger partial charge in [-0.3, -0.25) is 0 Å². The lowest BCUT2D eigenvalue weighted by atomic mass is 9.87. The molecule has 0 amide bonds. The maximum atomic E-state index is 6.01. The summed E-state index contributed by atoms with van der Waals surface area (Å²) in [6.07, 6.45) is 0. The van der Waals surface area contributed by atoms with Crippen molar-refractivity contribution in [2.24, 2.45) is 0 Å². The van der Waals surface area contributed by atoms with Crippen molar-refractivity contribution in [3.8, 4) is 79.9 Å². The number of aromatic nitrogens is 8. The molecule has 10 aromatic rings. The summed E-state index contributed by atoms with van der Waals surface area (Å²) in [6.45, 7) is 23.3. The highest BCUT2D eigenvalue weighted by Gasteiger charge is 2.19. The predicted molar refractivity (Wildman–Crippen MR) is 290 cm³/mol. The van der Waals surface area contributed by atoms with Crippen LogP contribution in [0.25, 0.3) is 79.9 Å². The maximum absolute atomic E-state index is 6.01. The van der Waals surface area contributed by atoms with E-state index in [1.807, 2.05) is 91.0 Å². The van der Waals surface area contributed by atoms with Crippen LogP contribution >= 0.6 is 9.06 Å². The molecule has 0 saturated carbocycles. The van der Waals surface area contributed by atoms with Gasteiger partial charge in [-0.05, 0) is 111 Å². The maximum Gasteiger partial charge on any atom is 0.248 e. The van der Waals surface area contributed by atoms with E-state index < -0.39 is 0 Å². The third-order valence-corrected chi connectivity index (χ3v) is 11.5. The lowest BCUT2D eigenvalue weighted by Crippen LogP contribution is -2.10. The smallest absolute Gasteiger partial charge is 0.248 e. The molecule has 72 heavy (non-hydrogen) atoms. The molecule has 0 fully saturated rings. The van der Waals surface area contributed by atoms with E-state index in [9.17, 15) is 0 Å². The molecule has 1 unspecified atom stereocenters. The zero-order valence-corrected chi connectivity index (χ0v) is 43.7. The Morgan fingerprint density at radius 2 is 0.583 bits per heavy atom. The highest BCUT2D eigenvalue weighted by molar-refractivity contribution is 7.49. The molecule has 0 spiro atoms. The Hall–Kier alpha value is -7.63. The van der Waals surface area contributed by atoms with Gasteiger partial charge in [-0.15, -0.1) is 40.8 Å². The van der Waals surface area contributed by atoms with Gasteiger partial charge in [0.15, 0.2) is 0 Å². The summed E-state index contributed by atoms with van der Waals surface area (Å²) in [7, 11) is 4.38. The molecule has 0 N–H and O–H groups in total. The summed E-state index contributed by atoms with van der Waals surface area (Å²) >= 11 is 0. The summed E-state index contributed by atoms with van der Waals surface area (Å²) in [6, 6.07) is 50.9. The topological polar surface area (TPSA) is 156 Å². The first-order valence-electron chi connectivity index (χ1n) is 24.0. The average Bonchev–Trinajstić information content (AvgIpc) is 4.24.